The number of hydrogen-bond acceptors (Lipinski definition) is 3. The molecule has 4 nitrogen and oxygen atoms in total. The van der Waals surface area contributed by atoms with Crippen LogP contribution >= 0.6 is 23.2 Å². The van der Waals surface area contributed by atoms with E-state index in [4.69, 9.17) is 32.7 Å². The fraction of sp³-hybridized carbons (Fsp3) is 0.158. The molecule has 2 aromatic carbocycles. The molecule has 0 fully saturated rings. The average molecular weight is 376 g/mol. The molecular weight excluding hydrogens is 361 g/mol. The van der Waals surface area contributed by atoms with E-state index in [1.165, 1.54) is 0 Å². The summed E-state index contributed by atoms with van der Waals surface area (Å²) in [6, 6.07) is 14.9. The van der Waals surface area contributed by atoms with Gasteiger partial charge in [0.05, 0.1) is 10.0 Å². The summed E-state index contributed by atoms with van der Waals surface area (Å²) in [7, 11) is 0. The van der Waals surface area contributed by atoms with Crippen LogP contribution in [0.4, 0.5) is 0 Å². The summed E-state index contributed by atoms with van der Waals surface area (Å²) >= 11 is 12.1. The number of benzene rings is 2. The number of carboxylic acid groups (broad SMARTS) is 1. The van der Waals surface area contributed by atoms with Gasteiger partial charge in [0.1, 0.15) is 5.69 Å². The van der Waals surface area contributed by atoms with Gasteiger partial charge < -0.3 is 9.52 Å². The second kappa shape index (κ2) is 7.72. The molecule has 3 aromatic rings. The average Bonchev–Trinajstić information content (AvgIpc) is 3.02. The highest BCUT2D eigenvalue weighted by Gasteiger charge is 2.17. The highest BCUT2D eigenvalue weighted by atomic mass is 35.5. The van der Waals surface area contributed by atoms with E-state index in [-0.39, 0.29) is 6.42 Å². The minimum atomic E-state index is -0.834. The summed E-state index contributed by atoms with van der Waals surface area (Å²) in [5.41, 5.74) is 2.34. The lowest BCUT2D eigenvalue weighted by molar-refractivity contribution is -0.137. The van der Waals surface area contributed by atoms with Gasteiger partial charge in [-0.15, -0.1) is 0 Å². The van der Waals surface area contributed by atoms with Crippen molar-refractivity contribution in [1.29, 1.82) is 0 Å². The molecule has 0 aliphatic rings. The van der Waals surface area contributed by atoms with E-state index in [9.17, 15) is 4.79 Å². The molecule has 1 N–H and O–H groups in total. The van der Waals surface area contributed by atoms with Crippen molar-refractivity contribution < 1.29 is 14.3 Å². The van der Waals surface area contributed by atoms with Crippen LogP contribution in [0.25, 0.3) is 22.6 Å². The van der Waals surface area contributed by atoms with E-state index >= 15 is 0 Å². The summed E-state index contributed by atoms with van der Waals surface area (Å²) in [4.78, 5) is 15.3. The van der Waals surface area contributed by atoms with Gasteiger partial charge in [0.25, 0.3) is 0 Å². The molecule has 0 radical (unpaired) electrons. The number of oxazole rings is 1. The molecule has 25 heavy (non-hydrogen) atoms. The first kappa shape index (κ1) is 17.5. The Morgan fingerprint density at radius 3 is 2.48 bits per heavy atom. The van der Waals surface area contributed by atoms with Gasteiger partial charge in [0, 0.05) is 24.0 Å². The molecular formula is C19H15Cl2NO3. The number of aromatic nitrogens is 1. The van der Waals surface area contributed by atoms with Gasteiger partial charge in [0.15, 0.2) is 11.7 Å². The Morgan fingerprint density at radius 2 is 1.80 bits per heavy atom. The van der Waals surface area contributed by atoms with E-state index in [0.29, 0.717) is 40.2 Å². The van der Waals surface area contributed by atoms with Gasteiger partial charge in [-0.05, 0) is 18.6 Å². The fourth-order valence-electron chi connectivity index (χ4n) is 2.49. The molecule has 0 atom stereocenters. The maximum Gasteiger partial charge on any atom is 0.303 e. The molecule has 0 aliphatic heterocycles. The topological polar surface area (TPSA) is 63.3 Å². The van der Waals surface area contributed by atoms with Gasteiger partial charge >= 0.3 is 5.97 Å². The molecule has 0 bridgehead atoms. The van der Waals surface area contributed by atoms with Crippen molar-refractivity contribution in [2.45, 2.75) is 19.3 Å². The molecule has 1 heterocycles. The summed E-state index contributed by atoms with van der Waals surface area (Å²) in [5, 5.41) is 9.69. The van der Waals surface area contributed by atoms with Crippen molar-refractivity contribution in [3.8, 4) is 22.6 Å². The van der Waals surface area contributed by atoms with Crippen molar-refractivity contribution in [2.75, 3.05) is 0 Å². The Hall–Kier alpha value is -2.30. The minimum Gasteiger partial charge on any atom is -0.481 e. The van der Waals surface area contributed by atoms with Crippen LogP contribution in [0.3, 0.4) is 0 Å². The zero-order valence-electron chi connectivity index (χ0n) is 13.2. The number of rotatable bonds is 6. The standard InChI is InChI=1S/C19H15Cl2NO3/c20-14-10-9-13(11-15(14)21)18-19(12-5-2-1-3-6-12)25-16(22-18)7-4-8-17(23)24/h1-3,5-6,9-11H,4,7-8H2,(H,23,24). The van der Waals surface area contributed by atoms with Crippen LogP contribution in [-0.2, 0) is 11.2 Å². The molecule has 0 spiro atoms. The van der Waals surface area contributed by atoms with Crippen LogP contribution in [0.2, 0.25) is 10.0 Å². The van der Waals surface area contributed by atoms with Crippen molar-refractivity contribution in [1.82, 2.24) is 4.98 Å². The molecule has 0 saturated carbocycles. The first-order chi connectivity index (χ1) is 12.0. The number of aryl methyl sites for hydroxylation is 1. The van der Waals surface area contributed by atoms with Gasteiger partial charge in [-0.2, -0.15) is 0 Å². The SMILES string of the molecule is O=C(O)CCCc1nc(-c2ccc(Cl)c(Cl)c2)c(-c2ccccc2)o1. The monoisotopic (exact) mass is 375 g/mol. The second-order valence-corrected chi connectivity index (χ2v) is 6.34. The third-order valence-corrected chi connectivity index (χ3v) is 4.42. The summed E-state index contributed by atoms with van der Waals surface area (Å²) in [6.07, 6.45) is 0.990. The number of nitrogens with zero attached hydrogens (tertiary/aromatic N) is 1. The van der Waals surface area contributed by atoms with E-state index in [1.807, 2.05) is 36.4 Å². The lowest BCUT2D eigenvalue weighted by Gasteiger charge is -2.03. The van der Waals surface area contributed by atoms with E-state index in [0.717, 1.165) is 11.1 Å². The molecule has 0 unspecified atom stereocenters. The Labute approximate surface area is 155 Å². The van der Waals surface area contributed by atoms with Crippen LogP contribution in [0.15, 0.2) is 52.9 Å². The number of aliphatic carboxylic acids is 1. The number of halogens is 2. The first-order valence-electron chi connectivity index (χ1n) is 7.77. The van der Waals surface area contributed by atoms with Crippen molar-refractivity contribution in [3.05, 3.63) is 64.5 Å². The molecule has 0 aliphatic carbocycles. The van der Waals surface area contributed by atoms with Crippen LogP contribution in [0.5, 0.6) is 0 Å². The maximum atomic E-state index is 10.7. The Morgan fingerprint density at radius 1 is 1.04 bits per heavy atom. The zero-order valence-corrected chi connectivity index (χ0v) is 14.7. The Kier molecular flexibility index (Phi) is 5.41. The van der Waals surface area contributed by atoms with Gasteiger partial charge in [0.2, 0.25) is 0 Å². The lowest BCUT2D eigenvalue weighted by Crippen LogP contribution is -1.95. The highest BCUT2D eigenvalue weighted by molar-refractivity contribution is 6.42. The maximum absolute atomic E-state index is 10.7. The Balaban J connectivity index is 2.00. The normalized spacial score (nSPS) is 10.8. The van der Waals surface area contributed by atoms with Gasteiger partial charge in [-0.1, -0.05) is 59.6 Å². The third kappa shape index (κ3) is 4.21. The smallest absolute Gasteiger partial charge is 0.303 e. The largest absolute Gasteiger partial charge is 0.481 e. The van der Waals surface area contributed by atoms with Crippen molar-refractivity contribution >= 4 is 29.2 Å². The predicted molar refractivity (Wildman–Crippen MR) is 98.0 cm³/mol. The molecule has 1 aromatic heterocycles. The molecule has 3 rings (SSSR count). The van der Waals surface area contributed by atoms with E-state index in [2.05, 4.69) is 4.98 Å². The molecule has 0 amide bonds. The van der Waals surface area contributed by atoms with E-state index < -0.39 is 5.97 Å². The lowest BCUT2D eigenvalue weighted by atomic mass is 10.1. The van der Waals surface area contributed by atoms with E-state index in [1.54, 1.807) is 12.1 Å². The van der Waals surface area contributed by atoms with Crippen LogP contribution in [0, 0.1) is 0 Å². The zero-order chi connectivity index (χ0) is 17.8. The highest BCUT2D eigenvalue weighted by Crippen LogP contribution is 2.35. The van der Waals surface area contributed by atoms with Crippen molar-refractivity contribution in [3.63, 3.8) is 0 Å². The molecule has 128 valence electrons. The second-order valence-electron chi connectivity index (χ2n) is 5.53. The van der Waals surface area contributed by atoms with Crippen LogP contribution < -0.4 is 0 Å². The minimum absolute atomic E-state index is 0.0746. The Bertz CT molecular complexity index is 891. The number of carboxylic acids is 1. The third-order valence-electron chi connectivity index (χ3n) is 3.68. The fourth-order valence-corrected chi connectivity index (χ4v) is 2.78. The first-order valence-corrected chi connectivity index (χ1v) is 8.52. The van der Waals surface area contributed by atoms with Crippen molar-refractivity contribution in [2.24, 2.45) is 0 Å². The molecule has 6 heteroatoms. The van der Waals surface area contributed by atoms with Crippen LogP contribution in [0.1, 0.15) is 18.7 Å². The molecule has 0 saturated heterocycles. The van der Waals surface area contributed by atoms with Gasteiger partial charge in [-0.3, -0.25) is 4.79 Å². The number of carbonyl (C=O) groups is 1. The summed E-state index contributed by atoms with van der Waals surface area (Å²) < 4.78 is 5.93. The van der Waals surface area contributed by atoms with Crippen LogP contribution in [-0.4, -0.2) is 16.1 Å². The number of hydrogen-bond donors (Lipinski definition) is 1. The summed E-state index contributed by atoms with van der Waals surface area (Å²) in [6.45, 7) is 0. The quantitative estimate of drug-likeness (QED) is 0.597. The van der Waals surface area contributed by atoms with Gasteiger partial charge in [-0.25, -0.2) is 4.98 Å². The summed E-state index contributed by atoms with van der Waals surface area (Å²) in [5.74, 6) is 0.296. The predicted octanol–water partition coefficient (Wildman–Crippen LogP) is 5.72.